The van der Waals surface area contributed by atoms with E-state index < -0.39 is 11.8 Å². The Labute approximate surface area is 187 Å². The highest BCUT2D eigenvalue weighted by molar-refractivity contribution is 6.08. The van der Waals surface area contributed by atoms with Crippen LogP contribution in [0.2, 0.25) is 0 Å². The number of hydrogen-bond donors (Lipinski definition) is 3. The van der Waals surface area contributed by atoms with Crippen LogP contribution < -0.4 is 16.4 Å². The lowest BCUT2D eigenvalue weighted by atomic mass is 10.1. The second kappa shape index (κ2) is 8.39. The van der Waals surface area contributed by atoms with Gasteiger partial charge in [0.15, 0.2) is 11.4 Å². The number of hydrazine groups is 1. The normalized spacial score (nSPS) is 10.9. The smallest absolute Gasteiger partial charge is 0.277 e. The van der Waals surface area contributed by atoms with Crippen LogP contribution >= 0.6 is 0 Å². The first-order valence-corrected chi connectivity index (χ1v) is 10.2. The average molecular weight is 438 g/mol. The molecule has 3 N–H and O–H groups in total. The molecule has 0 unspecified atom stereocenters. The summed E-state index contributed by atoms with van der Waals surface area (Å²) in [5, 5.41) is 12.5. The highest BCUT2D eigenvalue weighted by atomic mass is 16.2. The lowest BCUT2D eigenvalue weighted by Gasteiger charge is -2.12. The number of carbonyl (C=O) groups excluding carboxylic acids is 2. The first-order valence-electron chi connectivity index (χ1n) is 10.2. The third-order valence-corrected chi connectivity index (χ3v) is 5.23. The number of H-pyrrole nitrogens is 1. The molecule has 162 valence electrons. The predicted molar refractivity (Wildman–Crippen MR) is 123 cm³/mol. The maximum absolute atomic E-state index is 13.0. The van der Waals surface area contributed by atoms with Crippen LogP contribution in [0.3, 0.4) is 0 Å². The molecule has 5 aromatic rings. The molecule has 2 heterocycles. The van der Waals surface area contributed by atoms with Gasteiger partial charge in [-0.05, 0) is 17.7 Å². The van der Waals surface area contributed by atoms with E-state index in [0.29, 0.717) is 21.7 Å². The number of aromatic amines is 1. The van der Waals surface area contributed by atoms with Gasteiger partial charge in [-0.2, -0.15) is 10.2 Å². The van der Waals surface area contributed by atoms with Gasteiger partial charge in [0, 0.05) is 10.8 Å². The molecule has 0 saturated heterocycles. The van der Waals surface area contributed by atoms with Crippen molar-refractivity contribution < 1.29 is 9.59 Å². The molecule has 2 amide bonds. The van der Waals surface area contributed by atoms with Gasteiger partial charge in [0.1, 0.15) is 0 Å². The van der Waals surface area contributed by atoms with E-state index in [1.54, 1.807) is 42.5 Å². The maximum Gasteiger partial charge on any atom is 0.290 e. The molecule has 0 saturated carbocycles. The molecule has 0 bridgehead atoms. The molecule has 0 aliphatic heterocycles. The van der Waals surface area contributed by atoms with Crippen molar-refractivity contribution in [2.75, 3.05) is 0 Å². The van der Waals surface area contributed by atoms with Crippen molar-refractivity contribution in [3.63, 3.8) is 0 Å². The number of benzene rings is 3. The number of aromatic nitrogens is 4. The monoisotopic (exact) mass is 438 g/mol. The number of fused-ring (bicyclic) bond motifs is 2. The minimum Gasteiger partial charge on any atom is -0.277 e. The summed E-state index contributed by atoms with van der Waals surface area (Å²) in [7, 11) is 0. The Morgan fingerprint density at radius 1 is 0.758 bits per heavy atom. The van der Waals surface area contributed by atoms with Crippen molar-refractivity contribution >= 4 is 33.5 Å². The Morgan fingerprint density at radius 3 is 2.12 bits per heavy atom. The van der Waals surface area contributed by atoms with Gasteiger partial charge in [-0.3, -0.25) is 30.3 Å². The SMILES string of the molecule is O=C(NNC(=O)c1nn(Cc2ccccc2)c(=O)c2ccccc12)c1n[nH]c2ccccc12. The zero-order valence-electron chi connectivity index (χ0n) is 17.3. The molecule has 0 fully saturated rings. The lowest BCUT2D eigenvalue weighted by molar-refractivity contribution is 0.0842. The standard InChI is InChI=1S/C24H18N6O3/c31-22(20-18-12-6-7-13-19(18)25-26-20)27-28-23(32)21-16-10-4-5-11-17(16)24(33)30(29-21)14-15-8-2-1-3-9-15/h1-13H,14H2,(H,25,26)(H,27,31)(H,28,32). The van der Waals surface area contributed by atoms with E-state index >= 15 is 0 Å². The summed E-state index contributed by atoms with van der Waals surface area (Å²) in [5.41, 5.74) is 6.20. The highest BCUT2D eigenvalue weighted by Gasteiger charge is 2.19. The Balaban J connectivity index is 1.44. The van der Waals surface area contributed by atoms with Crippen LogP contribution in [0.4, 0.5) is 0 Å². The zero-order chi connectivity index (χ0) is 22.8. The minimum absolute atomic E-state index is 0.0216. The van der Waals surface area contributed by atoms with Crippen molar-refractivity contribution in [1.82, 2.24) is 30.8 Å². The number of amides is 2. The molecular formula is C24H18N6O3. The Morgan fingerprint density at radius 2 is 1.36 bits per heavy atom. The first kappa shape index (κ1) is 20.1. The van der Waals surface area contributed by atoms with Crippen molar-refractivity contribution in [2.45, 2.75) is 6.54 Å². The first-order chi connectivity index (χ1) is 16.1. The third kappa shape index (κ3) is 3.83. The van der Waals surface area contributed by atoms with Gasteiger partial charge >= 0.3 is 0 Å². The van der Waals surface area contributed by atoms with E-state index in [-0.39, 0.29) is 23.5 Å². The van der Waals surface area contributed by atoms with E-state index in [1.807, 2.05) is 36.4 Å². The molecule has 2 aromatic heterocycles. The lowest BCUT2D eigenvalue weighted by Crippen LogP contribution is -2.43. The zero-order valence-corrected chi connectivity index (χ0v) is 17.3. The number of carbonyl (C=O) groups is 2. The van der Waals surface area contributed by atoms with Gasteiger partial charge in [-0.25, -0.2) is 4.68 Å². The molecule has 9 nitrogen and oxygen atoms in total. The van der Waals surface area contributed by atoms with E-state index in [1.165, 1.54) is 4.68 Å². The summed E-state index contributed by atoms with van der Waals surface area (Å²) in [6.07, 6.45) is 0. The summed E-state index contributed by atoms with van der Waals surface area (Å²) in [6, 6.07) is 23.3. The van der Waals surface area contributed by atoms with Crippen LogP contribution in [0.1, 0.15) is 26.5 Å². The van der Waals surface area contributed by atoms with Crippen LogP contribution in [0.5, 0.6) is 0 Å². The second-order valence-corrected chi connectivity index (χ2v) is 7.37. The van der Waals surface area contributed by atoms with Crippen molar-refractivity contribution in [1.29, 1.82) is 0 Å². The van der Waals surface area contributed by atoms with Crippen LogP contribution in [0, 0.1) is 0 Å². The van der Waals surface area contributed by atoms with Crippen molar-refractivity contribution in [3.05, 3.63) is 106 Å². The van der Waals surface area contributed by atoms with Gasteiger partial charge in [-0.1, -0.05) is 66.7 Å². The number of nitrogens with zero attached hydrogens (tertiary/aromatic N) is 3. The fraction of sp³-hybridized carbons (Fsp3) is 0.0417. The van der Waals surface area contributed by atoms with Crippen LogP contribution in [0.25, 0.3) is 21.7 Å². The van der Waals surface area contributed by atoms with Crippen molar-refractivity contribution in [3.8, 4) is 0 Å². The minimum atomic E-state index is -0.652. The summed E-state index contributed by atoms with van der Waals surface area (Å²) >= 11 is 0. The average Bonchev–Trinajstić information content (AvgIpc) is 3.29. The van der Waals surface area contributed by atoms with Gasteiger partial charge in [-0.15, -0.1) is 0 Å². The van der Waals surface area contributed by atoms with Gasteiger partial charge in [0.25, 0.3) is 17.4 Å². The van der Waals surface area contributed by atoms with E-state index in [2.05, 4.69) is 26.1 Å². The second-order valence-electron chi connectivity index (χ2n) is 7.37. The highest BCUT2D eigenvalue weighted by Crippen LogP contribution is 2.15. The van der Waals surface area contributed by atoms with E-state index in [4.69, 9.17) is 0 Å². The molecule has 9 heteroatoms. The predicted octanol–water partition coefficient (Wildman–Crippen LogP) is 2.40. The molecule has 0 aliphatic rings. The van der Waals surface area contributed by atoms with E-state index in [0.717, 1.165) is 5.56 Å². The molecule has 0 spiro atoms. The number of para-hydroxylation sites is 1. The van der Waals surface area contributed by atoms with Crippen LogP contribution in [-0.4, -0.2) is 31.8 Å². The maximum atomic E-state index is 13.0. The Kier molecular flexibility index (Phi) is 5.12. The van der Waals surface area contributed by atoms with E-state index in [9.17, 15) is 14.4 Å². The quantitative estimate of drug-likeness (QED) is 0.372. The summed E-state index contributed by atoms with van der Waals surface area (Å²) in [4.78, 5) is 38.5. The fourth-order valence-corrected chi connectivity index (χ4v) is 3.63. The van der Waals surface area contributed by atoms with Gasteiger partial charge < -0.3 is 0 Å². The number of hydrogen-bond acceptors (Lipinski definition) is 5. The topological polar surface area (TPSA) is 122 Å². The molecule has 0 radical (unpaired) electrons. The summed E-state index contributed by atoms with van der Waals surface area (Å²) in [5.74, 6) is -1.23. The molecule has 0 atom stereocenters. The van der Waals surface area contributed by atoms with Crippen molar-refractivity contribution in [2.24, 2.45) is 0 Å². The Bertz CT molecular complexity index is 1560. The summed E-state index contributed by atoms with van der Waals surface area (Å²) in [6.45, 7) is 0.205. The molecule has 33 heavy (non-hydrogen) atoms. The number of rotatable bonds is 4. The fourth-order valence-electron chi connectivity index (χ4n) is 3.63. The number of nitrogens with one attached hydrogen (secondary N) is 3. The van der Waals surface area contributed by atoms with Gasteiger partial charge in [0.2, 0.25) is 0 Å². The van der Waals surface area contributed by atoms with Crippen LogP contribution in [0.15, 0.2) is 83.7 Å². The molecular weight excluding hydrogens is 420 g/mol. The molecule has 5 rings (SSSR count). The molecule has 0 aliphatic carbocycles. The van der Waals surface area contributed by atoms with Gasteiger partial charge in [0.05, 0.1) is 17.4 Å². The Hall–Kier alpha value is -4.79. The van der Waals surface area contributed by atoms with Crippen LogP contribution in [-0.2, 0) is 6.54 Å². The summed E-state index contributed by atoms with van der Waals surface area (Å²) < 4.78 is 1.25. The largest absolute Gasteiger partial charge is 0.290 e. The molecule has 3 aromatic carbocycles. The third-order valence-electron chi connectivity index (χ3n) is 5.23.